The molecule has 0 aromatic heterocycles. The number of hydrogen-bond acceptors (Lipinski definition) is 5. The Kier molecular flexibility index (Phi) is 7.65. The van der Waals surface area contributed by atoms with Gasteiger partial charge in [-0.25, -0.2) is 4.79 Å². The molecule has 1 N–H and O–H groups in total. The van der Waals surface area contributed by atoms with Gasteiger partial charge in [-0.05, 0) is 48.7 Å². The number of nitrogens with zero attached hydrogens (tertiary/aromatic N) is 1. The van der Waals surface area contributed by atoms with Crippen molar-refractivity contribution >= 4 is 35.2 Å². The SMILES string of the molecule is CCOC(=O)c1ccccc1NC(=O)c1ccc([C@@H]2SCC(=O)N2CCc2ccccc2)cc1. The van der Waals surface area contributed by atoms with E-state index in [2.05, 4.69) is 17.4 Å². The third kappa shape index (κ3) is 5.48. The Morgan fingerprint density at radius 3 is 2.44 bits per heavy atom. The smallest absolute Gasteiger partial charge is 0.340 e. The van der Waals surface area contributed by atoms with Gasteiger partial charge in [-0.1, -0.05) is 54.6 Å². The predicted octanol–water partition coefficient (Wildman–Crippen LogP) is 4.93. The second kappa shape index (κ2) is 11.0. The lowest BCUT2D eigenvalue weighted by atomic mass is 10.1. The van der Waals surface area contributed by atoms with Gasteiger partial charge in [0, 0.05) is 12.1 Å². The zero-order valence-electron chi connectivity index (χ0n) is 18.9. The molecule has 2 amide bonds. The second-order valence-corrected chi connectivity index (χ2v) is 8.90. The highest BCUT2D eigenvalue weighted by Crippen LogP contribution is 2.38. The number of carbonyl (C=O) groups excluding carboxylic acids is 3. The molecule has 0 saturated carbocycles. The average molecular weight is 475 g/mol. The highest BCUT2D eigenvalue weighted by Gasteiger charge is 2.32. The lowest BCUT2D eigenvalue weighted by Gasteiger charge is -2.24. The van der Waals surface area contributed by atoms with Crippen molar-refractivity contribution in [2.24, 2.45) is 0 Å². The van der Waals surface area contributed by atoms with Gasteiger partial charge in [-0.3, -0.25) is 9.59 Å². The van der Waals surface area contributed by atoms with Crippen molar-refractivity contribution in [2.45, 2.75) is 18.7 Å². The van der Waals surface area contributed by atoms with Gasteiger partial charge < -0.3 is 15.0 Å². The summed E-state index contributed by atoms with van der Waals surface area (Å²) in [5.41, 5.74) is 3.35. The number of esters is 1. The van der Waals surface area contributed by atoms with Crippen molar-refractivity contribution in [1.29, 1.82) is 0 Å². The summed E-state index contributed by atoms with van der Waals surface area (Å²) in [4.78, 5) is 39.4. The van der Waals surface area contributed by atoms with Crippen LogP contribution < -0.4 is 5.32 Å². The topological polar surface area (TPSA) is 75.7 Å². The maximum absolute atomic E-state index is 12.8. The molecule has 34 heavy (non-hydrogen) atoms. The summed E-state index contributed by atoms with van der Waals surface area (Å²) < 4.78 is 5.07. The van der Waals surface area contributed by atoms with Crippen molar-refractivity contribution in [2.75, 3.05) is 24.2 Å². The normalized spacial score (nSPS) is 15.3. The van der Waals surface area contributed by atoms with Gasteiger partial charge in [-0.15, -0.1) is 11.8 Å². The van der Waals surface area contributed by atoms with Crippen LogP contribution in [0.5, 0.6) is 0 Å². The quantitative estimate of drug-likeness (QED) is 0.469. The van der Waals surface area contributed by atoms with Gasteiger partial charge in [0.25, 0.3) is 5.91 Å². The van der Waals surface area contributed by atoms with E-state index in [0.29, 0.717) is 29.1 Å². The van der Waals surface area contributed by atoms with Crippen LogP contribution in [-0.2, 0) is 16.0 Å². The Bertz CT molecular complexity index is 1160. The molecule has 1 aliphatic heterocycles. The van der Waals surface area contributed by atoms with Gasteiger partial charge in [0.2, 0.25) is 5.91 Å². The van der Waals surface area contributed by atoms with Crippen LogP contribution in [-0.4, -0.2) is 41.6 Å². The van der Waals surface area contributed by atoms with E-state index < -0.39 is 5.97 Å². The van der Waals surface area contributed by atoms with E-state index in [1.54, 1.807) is 55.1 Å². The van der Waals surface area contributed by atoms with Crippen LogP contribution in [0.4, 0.5) is 5.69 Å². The van der Waals surface area contributed by atoms with Crippen LogP contribution in [0.2, 0.25) is 0 Å². The first kappa shape index (κ1) is 23.6. The summed E-state index contributed by atoms with van der Waals surface area (Å²) in [7, 11) is 0. The minimum Gasteiger partial charge on any atom is -0.462 e. The van der Waals surface area contributed by atoms with E-state index in [-0.39, 0.29) is 23.8 Å². The van der Waals surface area contributed by atoms with E-state index in [0.717, 1.165) is 12.0 Å². The lowest BCUT2D eigenvalue weighted by molar-refractivity contribution is -0.128. The third-order valence-corrected chi connectivity index (χ3v) is 6.84. The minimum atomic E-state index is -0.479. The number of thioether (sulfide) groups is 1. The lowest BCUT2D eigenvalue weighted by Crippen LogP contribution is -2.30. The molecule has 0 unspecified atom stereocenters. The summed E-state index contributed by atoms with van der Waals surface area (Å²) in [6.07, 6.45) is 0.796. The summed E-state index contributed by atoms with van der Waals surface area (Å²) >= 11 is 1.60. The highest BCUT2D eigenvalue weighted by molar-refractivity contribution is 8.00. The number of anilines is 1. The molecule has 4 rings (SSSR count). The standard InChI is InChI=1S/C27H26N2O4S/c1-2-33-27(32)22-10-6-7-11-23(22)28-25(31)20-12-14-21(15-13-20)26-29(24(30)18-34-26)17-16-19-8-4-3-5-9-19/h3-15,26H,2,16-18H2,1H3,(H,28,31)/t26-/m0/s1. The Hall–Kier alpha value is -3.58. The van der Waals surface area contributed by atoms with E-state index in [4.69, 9.17) is 4.74 Å². The van der Waals surface area contributed by atoms with Gasteiger partial charge in [0.15, 0.2) is 0 Å². The first-order valence-electron chi connectivity index (χ1n) is 11.2. The van der Waals surface area contributed by atoms with Crippen molar-refractivity contribution in [1.82, 2.24) is 4.90 Å². The number of rotatable bonds is 8. The molecule has 0 spiro atoms. The molecule has 3 aromatic rings. The predicted molar refractivity (Wildman–Crippen MR) is 134 cm³/mol. The second-order valence-electron chi connectivity index (χ2n) is 7.83. The average Bonchev–Trinajstić information content (AvgIpc) is 3.24. The summed E-state index contributed by atoms with van der Waals surface area (Å²) in [5.74, 6) is -0.221. The van der Waals surface area contributed by atoms with Crippen LogP contribution in [0.3, 0.4) is 0 Å². The molecule has 6 nitrogen and oxygen atoms in total. The fourth-order valence-electron chi connectivity index (χ4n) is 3.84. The van der Waals surface area contributed by atoms with Gasteiger partial charge >= 0.3 is 5.97 Å². The molecule has 0 radical (unpaired) electrons. The van der Waals surface area contributed by atoms with Gasteiger partial charge in [0.05, 0.1) is 23.6 Å². The number of hydrogen-bond donors (Lipinski definition) is 1. The van der Waals surface area contributed by atoms with Gasteiger partial charge in [-0.2, -0.15) is 0 Å². The maximum atomic E-state index is 12.8. The third-order valence-electron chi connectivity index (χ3n) is 5.58. The molecule has 1 saturated heterocycles. The zero-order valence-corrected chi connectivity index (χ0v) is 19.7. The van der Waals surface area contributed by atoms with Crippen LogP contribution in [0.1, 0.15) is 44.1 Å². The van der Waals surface area contributed by atoms with Crippen LogP contribution in [0.15, 0.2) is 78.9 Å². The first-order valence-corrected chi connectivity index (χ1v) is 12.2. The number of para-hydroxylation sites is 1. The largest absolute Gasteiger partial charge is 0.462 e. The molecule has 3 aromatic carbocycles. The molecular weight excluding hydrogens is 448 g/mol. The molecular formula is C27H26N2O4S. The van der Waals surface area contributed by atoms with Crippen molar-refractivity contribution in [3.8, 4) is 0 Å². The molecule has 1 heterocycles. The fourth-order valence-corrected chi connectivity index (χ4v) is 5.06. The minimum absolute atomic E-state index is 0.0714. The molecule has 0 bridgehead atoms. The zero-order chi connectivity index (χ0) is 23.9. The summed E-state index contributed by atoms with van der Waals surface area (Å²) in [6.45, 7) is 2.64. The Morgan fingerprint density at radius 1 is 1.00 bits per heavy atom. The van der Waals surface area contributed by atoms with E-state index >= 15 is 0 Å². The Balaban J connectivity index is 1.44. The monoisotopic (exact) mass is 474 g/mol. The van der Waals surface area contributed by atoms with Crippen molar-refractivity contribution < 1.29 is 19.1 Å². The number of benzene rings is 3. The van der Waals surface area contributed by atoms with E-state index in [1.165, 1.54) is 5.56 Å². The molecule has 1 fully saturated rings. The van der Waals surface area contributed by atoms with Crippen LogP contribution >= 0.6 is 11.8 Å². The van der Waals surface area contributed by atoms with E-state index in [9.17, 15) is 14.4 Å². The molecule has 1 aliphatic rings. The van der Waals surface area contributed by atoms with Gasteiger partial charge in [0.1, 0.15) is 5.37 Å². The van der Waals surface area contributed by atoms with Crippen molar-refractivity contribution in [3.05, 3.63) is 101 Å². The summed E-state index contributed by atoms with van der Waals surface area (Å²) in [6, 6.07) is 24.1. The molecule has 1 atom stereocenters. The number of amides is 2. The first-order chi connectivity index (χ1) is 16.6. The fraction of sp³-hybridized carbons (Fsp3) is 0.222. The van der Waals surface area contributed by atoms with Crippen LogP contribution in [0.25, 0.3) is 0 Å². The number of carbonyl (C=O) groups is 3. The Morgan fingerprint density at radius 2 is 1.71 bits per heavy atom. The molecule has 7 heteroatoms. The summed E-state index contributed by atoms with van der Waals surface area (Å²) in [5, 5.41) is 2.73. The Labute approximate surface area is 203 Å². The highest BCUT2D eigenvalue weighted by atomic mass is 32.2. The van der Waals surface area contributed by atoms with Crippen molar-refractivity contribution in [3.63, 3.8) is 0 Å². The number of nitrogens with one attached hydrogen (secondary N) is 1. The van der Waals surface area contributed by atoms with Crippen LogP contribution in [0, 0.1) is 0 Å². The number of ether oxygens (including phenoxy) is 1. The molecule has 174 valence electrons. The molecule has 0 aliphatic carbocycles. The maximum Gasteiger partial charge on any atom is 0.340 e. The van der Waals surface area contributed by atoms with E-state index in [1.807, 2.05) is 35.2 Å².